The minimum absolute atomic E-state index is 0.0867. The van der Waals surface area contributed by atoms with Crippen LogP contribution in [0.3, 0.4) is 0 Å². The zero-order chi connectivity index (χ0) is 34.1. The number of hydrogen-bond donors (Lipinski definition) is 6. The molecule has 0 unspecified atom stereocenters. The summed E-state index contributed by atoms with van der Waals surface area (Å²) in [6.07, 6.45) is 7.28. The molecule has 0 bridgehead atoms. The zero-order valence-corrected chi connectivity index (χ0v) is 28.8. The molecular weight excluding hydrogens is 708 g/mol. The lowest BCUT2D eigenvalue weighted by Gasteiger charge is -2.23. The number of thiocarbonyl (C=S) groups is 6. The molecule has 2 aromatic carbocycles. The summed E-state index contributed by atoms with van der Waals surface area (Å²) in [5, 5.41) is 8.29. The van der Waals surface area contributed by atoms with Crippen molar-refractivity contribution >= 4 is 109 Å². The van der Waals surface area contributed by atoms with Gasteiger partial charge in [0.1, 0.15) is 5.69 Å². The van der Waals surface area contributed by atoms with Crippen molar-refractivity contribution in [2.24, 2.45) is 17.2 Å². The Morgan fingerprint density at radius 1 is 0.622 bits per heavy atom. The first-order valence-electron chi connectivity index (χ1n) is 13.4. The van der Waals surface area contributed by atoms with Gasteiger partial charge in [0.2, 0.25) is 5.82 Å². The van der Waals surface area contributed by atoms with Crippen molar-refractivity contribution in [1.29, 1.82) is 0 Å². The Labute approximate surface area is 291 Å². The molecule has 1 aliphatic rings. The molecule has 2 aromatic rings. The molecule has 0 aliphatic heterocycles. The normalized spacial score (nSPS) is 12.3. The predicted octanol–water partition coefficient (Wildman–Crippen LogP) is 6.49. The number of nitrogens with two attached hydrogens (primary N) is 3. The van der Waals surface area contributed by atoms with E-state index < -0.39 is 34.8 Å². The quantitative estimate of drug-likeness (QED) is 0.0693. The van der Waals surface area contributed by atoms with Crippen LogP contribution in [0.4, 0.5) is 27.6 Å². The highest BCUT2D eigenvalue weighted by molar-refractivity contribution is 7.82. The Kier molecular flexibility index (Phi) is 19.1. The second-order valence-electron chi connectivity index (χ2n) is 9.59. The third-order valence-corrected chi connectivity index (χ3v) is 7.01. The Balaban J connectivity index is 0.000000343. The van der Waals surface area contributed by atoms with E-state index in [0.29, 0.717) is 33.8 Å². The van der Waals surface area contributed by atoms with Crippen LogP contribution in [0.5, 0.6) is 0 Å². The van der Waals surface area contributed by atoms with Gasteiger partial charge < -0.3 is 33.2 Å². The standard InChI is InChI=1S/C10H12N2S2.C9H5F5N2S2.C9H16N2S2/c11-9(13)6-10(14)12-7-8-4-2-1-3-5-8;10-4-5(11)7(13)9(8(14)6(4)12)16-3(18)1-2(15)17;10-8(12)6-9(13)11-7-4-2-1-3-5-7/h1-5H,6-7H2,(H2,11,13)(H,12,14);1H2,(H2,15,17)(H,16,18);7H,1-6H2,(H2,10,12)(H,11,13). The molecule has 1 saturated carbocycles. The summed E-state index contributed by atoms with van der Waals surface area (Å²) < 4.78 is 64.7. The number of benzene rings is 2. The van der Waals surface area contributed by atoms with Gasteiger partial charge in [-0.3, -0.25) is 0 Å². The van der Waals surface area contributed by atoms with Gasteiger partial charge in [0.25, 0.3) is 0 Å². The van der Waals surface area contributed by atoms with E-state index in [9.17, 15) is 22.0 Å². The largest absolute Gasteiger partial charge is 0.393 e. The second kappa shape index (κ2) is 21.3. The van der Waals surface area contributed by atoms with E-state index in [1.807, 2.05) is 35.6 Å². The van der Waals surface area contributed by atoms with Crippen LogP contribution in [0.25, 0.3) is 0 Å². The SMILES string of the molecule is NC(=S)CC(=S)NC1CCCCC1.NC(=S)CC(=S)NCc1ccccc1.NC(=S)CC(=S)Nc1c(F)c(F)c(F)c(F)c1F. The van der Waals surface area contributed by atoms with Gasteiger partial charge in [0, 0.05) is 31.8 Å². The number of anilines is 1. The number of nitrogens with one attached hydrogen (secondary N) is 3. The summed E-state index contributed by atoms with van der Waals surface area (Å²) in [5.41, 5.74) is 15.8. The van der Waals surface area contributed by atoms with Crippen molar-refractivity contribution in [1.82, 2.24) is 10.6 Å². The van der Waals surface area contributed by atoms with E-state index in [-0.39, 0.29) is 16.4 Å². The molecule has 0 aromatic heterocycles. The molecule has 0 amide bonds. The summed E-state index contributed by atoms with van der Waals surface area (Å²) in [4.78, 5) is 2.06. The molecule has 17 heteroatoms. The maximum Gasteiger partial charge on any atom is 0.200 e. The van der Waals surface area contributed by atoms with Gasteiger partial charge in [-0.15, -0.1) is 0 Å². The molecule has 45 heavy (non-hydrogen) atoms. The number of hydrogen-bond acceptors (Lipinski definition) is 6. The molecule has 246 valence electrons. The van der Waals surface area contributed by atoms with E-state index in [1.165, 1.54) is 37.7 Å². The average Bonchev–Trinajstić information content (AvgIpc) is 2.97. The lowest BCUT2D eigenvalue weighted by atomic mass is 9.95. The Morgan fingerprint density at radius 3 is 1.56 bits per heavy atom. The zero-order valence-electron chi connectivity index (χ0n) is 23.9. The van der Waals surface area contributed by atoms with Crippen molar-refractivity contribution < 1.29 is 22.0 Å². The van der Waals surface area contributed by atoms with Crippen molar-refractivity contribution in [2.45, 2.75) is 64.0 Å². The summed E-state index contributed by atoms with van der Waals surface area (Å²) in [5.74, 6) is -10.4. The van der Waals surface area contributed by atoms with Crippen LogP contribution in [-0.2, 0) is 6.54 Å². The Morgan fingerprint density at radius 2 is 1.07 bits per heavy atom. The lowest BCUT2D eigenvalue weighted by molar-refractivity contribution is 0.382. The first-order chi connectivity index (χ1) is 21.1. The van der Waals surface area contributed by atoms with Gasteiger partial charge in [0.05, 0.1) is 29.9 Å². The molecule has 0 heterocycles. The van der Waals surface area contributed by atoms with Crippen LogP contribution in [0, 0.1) is 29.1 Å². The van der Waals surface area contributed by atoms with E-state index in [1.54, 1.807) is 0 Å². The highest BCUT2D eigenvalue weighted by Gasteiger charge is 2.26. The van der Waals surface area contributed by atoms with E-state index in [2.05, 4.69) is 35.1 Å². The fourth-order valence-electron chi connectivity index (χ4n) is 3.76. The second-order valence-corrected chi connectivity index (χ2v) is 12.6. The Hall–Kier alpha value is -2.57. The summed E-state index contributed by atoms with van der Waals surface area (Å²) in [6.45, 7) is 0.724. The van der Waals surface area contributed by atoms with Gasteiger partial charge in [-0.05, 0) is 18.4 Å². The number of halogens is 5. The first kappa shape index (κ1) is 40.5. The van der Waals surface area contributed by atoms with E-state index in [4.69, 9.17) is 66.1 Å². The molecular formula is C28H33F5N6S6. The van der Waals surface area contributed by atoms with Crippen LogP contribution < -0.4 is 33.2 Å². The number of rotatable bonds is 10. The molecule has 0 saturated heterocycles. The van der Waals surface area contributed by atoms with Crippen molar-refractivity contribution in [3.8, 4) is 0 Å². The minimum atomic E-state index is -2.24. The molecule has 1 aliphatic carbocycles. The summed E-state index contributed by atoms with van der Waals surface area (Å²) >= 11 is 28.8. The van der Waals surface area contributed by atoms with Crippen molar-refractivity contribution in [2.75, 3.05) is 5.32 Å². The molecule has 9 N–H and O–H groups in total. The topological polar surface area (TPSA) is 114 Å². The predicted molar refractivity (Wildman–Crippen MR) is 195 cm³/mol. The maximum atomic E-state index is 13.2. The average molecular weight is 741 g/mol. The first-order valence-corrected chi connectivity index (χ1v) is 15.8. The van der Waals surface area contributed by atoms with Gasteiger partial charge in [-0.25, -0.2) is 22.0 Å². The molecule has 0 spiro atoms. The smallest absolute Gasteiger partial charge is 0.200 e. The van der Waals surface area contributed by atoms with Gasteiger partial charge in [-0.2, -0.15) is 0 Å². The minimum Gasteiger partial charge on any atom is -0.393 e. The third-order valence-electron chi connectivity index (χ3n) is 5.78. The van der Waals surface area contributed by atoms with Gasteiger partial charge in [0.15, 0.2) is 23.3 Å². The van der Waals surface area contributed by atoms with Crippen molar-refractivity contribution in [3.05, 3.63) is 65.0 Å². The molecule has 3 rings (SSSR count). The monoisotopic (exact) mass is 740 g/mol. The van der Waals surface area contributed by atoms with Crippen LogP contribution in [0.1, 0.15) is 56.9 Å². The van der Waals surface area contributed by atoms with Crippen molar-refractivity contribution in [3.63, 3.8) is 0 Å². The van der Waals surface area contributed by atoms with Crippen LogP contribution in [-0.4, -0.2) is 36.0 Å². The molecule has 0 atom stereocenters. The summed E-state index contributed by atoms with van der Waals surface area (Å²) in [7, 11) is 0. The van der Waals surface area contributed by atoms with Crippen LogP contribution in [0.2, 0.25) is 0 Å². The van der Waals surface area contributed by atoms with Crippen LogP contribution >= 0.6 is 73.3 Å². The third kappa shape index (κ3) is 16.5. The molecule has 1 fully saturated rings. The molecule has 6 nitrogen and oxygen atoms in total. The summed E-state index contributed by atoms with van der Waals surface area (Å²) in [6, 6.07) is 10.6. The highest BCUT2D eigenvalue weighted by atomic mass is 32.1. The highest BCUT2D eigenvalue weighted by Crippen LogP contribution is 2.27. The lowest BCUT2D eigenvalue weighted by Crippen LogP contribution is -2.36. The van der Waals surface area contributed by atoms with Crippen LogP contribution in [0.15, 0.2) is 30.3 Å². The van der Waals surface area contributed by atoms with Gasteiger partial charge in [-0.1, -0.05) is 123 Å². The fourth-order valence-corrected chi connectivity index (χ4v) is 5.27. The van der Waals surface area contributed by atoms with Gasteiger partial charge >= 0.3 is 0 Å². The van der Waals surface area contributed by atoms with E-state index >= 15 is 0 Å². The maximum absolute atomic E-state index is 13.2. The van der Waals surface area contributed by atoms with E-state index in [0.717, 1.165) is 11.5 Å². The Bertz CT molecular complexity index is 1340. The fraction of sp³-hybridized carbons (Fsp3) is 0.357. The molecule has 0 radical (unpaired) electrons.